The number of aryl methyl sites for hydroxylation is 1. The molecule has 1 saturated heterocycles. The highest BCUT2D eigenvalue weighted by Crippen LogP contribution is 2.29. The minimum absolute atomic E-state index is 0.228. The van der Waals surface area contributed by atoms with Gasteiger partial charge in [-0.15, -0.1) is 10.2 Å². The van der Waals surface area contributed by atoms with Gasteiger partial charge in [0, 0.05) is 17.9 Å². The highest BCUT2D eigenvalue weighted by molar-refractivity contribution is 7.98. The third-order valence-corrected chi connectivity index (χ3v) is 5.96. The molecule has 5 nitrogen and oxygen atoms in total. The molecule has 0 aliphatic carbocycles. The summed E-state index contributed by atoms with van der Waals surface area (Å²) in [5, 5.41) is 9.95. The van der Waals surface area contributed by atoms with Crippen LogP contribution >= 0.6 is 11.8 Å². The molecule has 146 valence electrons. The summed E-state index contributed by atoms with van der Waals surface area (Å²) in [4.78, 5) is 0. The van der Waals surface area contributed by atoms with Crippen LogP contribution in [0.3, 0.4) is 0 Å². The van der Waals surface area contributed by atoms with Crippen LogP contribution in [0.25, 0.3) is 11.4 Å². The monoisotopic (exact) mass is 395 g/mol. The van der Waals surface area contributed by atoms with Crippen LogP contribution in [-0.4, -0.2) is 34.6 Å². The van der Waals surface area contributed by atoms with Crippen LogP contribution in [-0.2, 0) is 17.0 Å². The van der Waals surface area contributed by atoms with Gasteiger partial charge in [0.05, 0.1) is 19.8 Å². The van der Waals surface area contributed by atoms with Crippen molar-refractivity contribution >= 4 is 11.8 Å². The number of benzene rings is 2. The number of methoxy groups -OCH3 is 1. The first-order valence-corrected chi connectivity index (χ1v) is 10.6. The summed E-state index contributed by atoms with van der Waals surface area (Å²) >= 11 is 1.72. The standard InChI is InChI=1S/C22H25N3O2S/c1-16-5-3-6-17(13-16)15-28-22-24-23-21(18-8-10-19(26-2)11-9-18)25(22)14-20-7-4-12-27-20/h3,5-6,8-11,13,20H,4,7,12,14-15H2,1-2H3. The minimum atomic E-state index is 0.228. The fraction of sp³-hybridized carbons (Fsp3) is 0.364. The largest absolute Gasteiger partial charge is 0.497 e. The Morgan fingerprint density at radius 2 is 2.04 bits per heavy atom. The lowest BCUT2D eigenvalue weighted by molar-refractivity contribution is 0.0953. The summed E-state index contributed by atoms with van der Waals surface area (Å²) in [5.41, 5.74) is 3.61. The molecule has 1 atom stereocenters. The molecule has 0 radical (unpaired) electrons. The predicted molar refractivity (Wildman–Crippen MR) is 112 cm³/mol. The lowest BCUT2D eigenvalue weighted by Crippen LogP contribution is -2.16. The fourth-order valence-electron chi connectivity index (χ4n) is 3.46. The number of hydrogen-bond donors (Lipinski definition) is 0. The van der Waals surface area contributed by atoms with Crippen molar-refractivity contribution in [2.45, 2.75) is 43.3 Å². The third-order valence-electron chi connectivity index (χ3n) is 4.93. The van der Waals surface area contributed by atoms with E-state index in [0.717, 1.165) is 54.0 Å². The van der Waals surface area contributed by atoms with Gasteiger partial charge in [-0.25, -0.2) is 0 Å². The molecule has 0 bridgehead atoms. The molecule has 0 spiro atoms. The van der Waals surface area contributed by atoms with Crippen molar-refractivity contribution in [2.75, 3.05) is 13.7 Å². The Kier molecular flexibility index (Phi) is 5.98. The van der Waals surface area contributed by atoms with E-state index in [4.69, 9.17) is 9.47 Å². The Morgan fingerprint density at radius 3 is 2.75 bits per heavy atom. The Morgan fingerprint density at radius 1 is 1.18 bits per heavy atom. The highest BCUT2D eigenvalue weighted by Gasteiger charge is 2.22. The molecule has 1 aliphatic rings. The van der Waals surface area contributed by atoms with Gasteiger partial charge in [0.15, 0.2) is 11.0 Å². The van der Waals surface area contributed by atoms with Gasteiger partial charge in [0.25, 0.3) is 0 Å². The maximum absolute atomic E-state index is 5.88. The fourth-order valence-corrected chi connectivity index (χ4v) is 4.35. The van der Waals surface area contributed by atoms with E-state index in [9.17, 15) is 0 Å². The van der Waals surface area contributed by atoms with E-state index in [0.29, 0.717) is 0 Å². The van der Waals surface area contributed by atoms with Crippen molar-refractivity contribution in [1.82, 2.24) is 14.8 Å². The SMILES string of the molecule is COc1ccc(-c2nnc(SCc3cccc(C)c3)n2CC2CCCO2)cc1. The van der Waals surface area contributed by atoms with Gasteiger partial charge < -0.3 is 9.47 Å². The van der Waals surface area contributed by atoms with Crippen molar-refractivity contribution in [2.24, 2.45) is 0 Å². The van der Waals surface area contributed by atoms with Crippen molar-refractivity contribution in [3.8, 4) is 17.1 Å². The Labute approximate surface area is 170 Å². The van der Waals surface area contributed by atoms with Crippen molar-refractivity contribution in [3.05, 3.63) is 59.7 Å². The Balaban J connectivity index is 1.60. The lowest BCUT2D eigenvalue weighted by Gasteiger charge is -2.15. The molecule has 4 rings (SSSR count). The maximum Gasteiger partial charge on any atom is 0.191 e. The predicted octanol–water partition coefficient (Wildman–Crippen LogP) is 4.73. The number of aromatic nitrogens is 3. The van der Waals surface area contributed by atoms with Gasteiger partial charge in [0.1, 0.15) is 5.75 Å². The molecule has 1 fully saturated rings. The van der Waals surface area contributed by atoms with E-state index in [-0.39, 0.29) is 6.10 Å². The maximum atomic E-state index is 5.88. The van der Waals surface area contributed by atoms with Gasteiger partial charge in [-0.2, -0.15) is 0 Å². The van der Waals surface area contributed by atoms with Gasteiger partial charge >= 0.3 is 0 Å². The number of nitrogens with zero attached hydrogens (tertiary/aromatic N) is 3. The zero-order valence-electron chi connectivity index (χ0n) is 16.3. The Bertz CT molecular complexity index is 918. The van der Waals surface area contributed by atoms with Crippen molar-refractivity contribution in [1.29, 1.82) is 0 Å². The van der Waals surface area contributed by atoms with Crippen LogP contribution in [0.2, 0.25) is 0 Å². The number of hydrogen-bond acceptors (Lipinski definition) is 5. The summed E-state index contributed by atoms with van der Waals surface area (Å²) in [6.45, 7) is 3.75. The van der Waals surface area contributed by atoms with Crippen molar-refractivity contribution < 1.29 is 9.47 Å². The van der Waals surface area contributed by atoms with Crippen LogP contribution < -0.4 is 4.74 Å². The first-order valence-electron chi connectivity index (χ1n) is 9.60. The smallest absolute Gasteiger partial charge is 0.191 e. The second-order valence-electron chi connectivity index (χ2n) is 7.06. The van der Waals surface area contributed by atoms with Crippen LogP contribution in [0.4, 0.5) is 0 Å². The average molecular weight is 396 g/mol. The molecule has 1 unspecified atom stereocenters. The summed E-state index contributed by atoms with van der Waals surface area (Å²) < 4.78 is 13.4. The van der Waals surface area contributed by atoms with Gasteiger partial charge in [-0.1, -0.05) is 41.6 Å². The van der Waals surface area contributed by atoms with Crippen LogP contribution in [0.15, 0.2) is 53.7 Å². The Hall–Kier alpha value is -2.31. The first kappa shape index (κ1) is 19.0. The molecule has 3 aromatic rings. The topological polar surface area (TPSA) is 49.2 Å². The molecule has 2 aromatic carbocycles. The van der Waals surface area contributed by atoms with E-state index in [1.54, 1.807) is 18.9 Å². The minimum Gasteiger partial charge on any atom is -0.497 e. The van der Waals surface area contributed by atoms with E-state index in [1.807, 2.05) is 24.3 Å². The molecule has 1 aliphatic heterocycles. The summed E-state index contributed by atoms with van der Waals surface area (Å²) in [6, 6.07) is 16.6. The summed E-state index contributed by atoms with van der Waals surface area (Å²) in [7, 11) is 1.68. The molecule has 0 N–H and O–H groups in total. The molecular formula is C22H25N3O2S. The zero-order valence-corrected chi connectivity index (χ0v) is 17.1. The van der Waals surface area contributed by atoms with E-state index in [2.05, 4.69) is 46.0 Å². The molecule has 2 heterocycles. The quantitative estimate of drug-likeness (QED) is 0.541. The summed E-state index contributed by atoms with van der Waals surface area (Å²) in [6.07, 6.45) is 2.44. The third kappa shape index (κ3) is 4.39. The molecule has 0 amide bonds. The molecule has 6 heteroatoms. The van der Waals surface area contributed by atoms with E-state index >= 15 is 0 Å². The molecular weight excluding hydrogens is 370 g/mol. The van der Waals surface area contributed by atoms with Gasteiger partial charge in [-0.3, -0.25) is 4.57 Å². The average Bonchev–Trinajstić information content (AvgIpc) is 3.37. The summed E-state index contributed by atoms with van der Waals surface area (Å²) in [5.74, 6) is 2.58. The molecule has 0 saturated carbocycles. The second-order valence-corrected chi connectivity index (χ2v) is 8.00. The van der Waals surface area contributed by atoms with E-state index < -0.39 is 0 Å². The lowest BCUT2D eigenvalue weighted by atomic mass is 10.2. The first-order chi connectivity index (χ1) is 13.7. The van der Waals surface area contributed by atoms with Gasteiger partial charge in [-0.05, 0) is 49.6 Å². The van der Waals surface area contributed by atoms with Gasteiger partial charge in [0.2, 0.25) is 0 Å². The van der Waals surface area contributed by atoms with E-state index in [1.165, 1.54) is 11.1 Å². The number of rotatable bonds is 7. The van der Waals surface area contributed by atoms with Crippen LogP contribution in [0.5, 0.6) is 5.75 Å². The second kappa shape index (κ2) is 8.80. The molecule has 28 heavy (non-hydrogen) atoms. The number of ether oxygens (including phenoxy) is 2. The number of thioether (sulfide) groups is 1. The van der Waals surface area contributed by atoms with Crippen LogP contribution in [0.1, 0.15) is 24.0 Å². The highest BCUT2D eigenvalue weighted by atomic mass is 32.2. The molecule has 1 aromatic heterocycles. The normalized spacial score (nSPS) is 16.4. The van der Waals surface area contributed by atoms with Crippen molar-refractivity contribution in [3.63, 3.8) is 0 Å². The zero-order chi connectivity index (χ0) is 19.3. The van der Waals surface area contributed by atoms with Crippen LogP contribution in [0, 0.1) is 6.92 Å².